The van der Waals surface area contributed by atoms with Crippen molar-refractivity contribution in [1.82, 2.24) is 0 Å². The van der Waals surface area contributed by atoms with E-state index in [-0.39, 0.29) is 22.6 Å². The van der Waals surface area contributed by atoms with Gasteiger partial charge in [0.15, 0.2) is 11.7 Å². The first-order valence-corrected chi connectivity index (χ1v) is 7.82. The van der Waals surface area contributed by atoms with Crippen molar-refractivity contribution < 1.29 is 13.9 Å². The van der Waals surface area contributed by atoms with Gasteiger partial charge < -0.3 is 5.11 Å². The summed E-state index contributed by atoms with van der Waals surface area (Å²) < 4.78 is 28.1. The Bertz CT molecular complexity index is 482. The van der Waals surface area contributed by atoms with Crippen molar-refractivity contribution in [3.8, 4) is 0 Å². The number of hydrogen-bond donors (Lipinski definition) is 1. The Hall–Kier alpha value is -1.74. The second-order valence-electron chi connectivity index (χ2n) is 5.08. The molecule has 0 spiro atoms. The first-order valence-electron chi connectivity index (χ1n) is 7.82. The van der Waals surface area contributed by atoms with Crippen LogP contribution in [0.5, 0.6) is 0 Å². The minimum Gasteiger partial charge on any atom is -0.393 e. The zero-order valence-corrected chi connectivity index (χ0v) is 14.8. The molecule has 3 heteroatoms. The van der Waals surface area contributed by atoms with E-state index in [1.165, 1.54) is 12.2 Å². The van der Waals surface area contributed by atoms with Gasteiger partial charge in [0, 0.05) is 5.57 Å². The molecule has 1 N–H and O–H groups in total. The summed E-state index contributed by atoms with van der Waals surface area (Å²) in [6, 6.07) is 0. The van der Waals surface area contributed by atoms with Crippen molar-refractivity contribution in [2.45, 2.75) is 46.6 Å². The van der Waals surface area contributed by atoms with Crippen LogP contribution in [0.3, 0.4) is 0 Å². The van der Waals surface area contributed by atoms with Crippen LogP contribution in [0.4, 0.5) is 8.78 Å². The summed E-state index contributed by atoms with van der Waals surface area (Å²) in [6.07, 6.45) is 5.14. The molecule has 23 heavy (non-hydrogen) atoms. The topological polar surface area (TPSA) is 20.2 Å². The molecule has 0 aliphatic heterocycles. The van der Waals surface area contributed by atoms with Gasteiger partial charge in [0.1, 0.15) is 0 Å². The van der Waals surface area contributed by atoms with E-state index in [1.54, 1.807) is 19.9 Å². The maximum atomic E-state index is 14.1. The average Bonchev–Trinajstić information content (AvgIpc) is 2.56. The molecule has 0 aromatic heterocycles. The van der Waals surface area contributed by atoms with Gasteiger partial charge in [-0.25, -0.2) is 8.78 Å². The highest BCUT2D eigenvalue weighted by Gasteiger charge is 2.18. The van der Waals surface area contributed by atoms with Gasteiger partial charge in [0.05, 0.1) is 6.10 Å². The van der Waals surface area contributed by atoms with Gasteiger partial charge in [-0.15, -0.1) is 0 Å². The fraction of sp³-hybridized carbons (Fsp3) is 0.400. The van der Waals surface area contributed by atoms with Gasteiger partial charge in [-0.2, -0.15) is 0 Å². The molecule has 0 radical (unpaired) electrons. The van der Waals surface area contributed by atoms with Crippen LogP contribution in [0.25, 0.3) is 0 Å². The lowest BCUT2D eigenvalue weighted by molar-refractivity contribution is 0.177. The molecule has 0 saturated carbocycles. The van der Waals surface area contributed by atoms with Gasteiger partial charge in [0.25, 0.3) is 0 Å². The van der Waals surface area contributed by atoms with E-state index in [2.05, 4.69) is 26.3 Å². The Morgan fingerprint density at radius 2 is 1.57 bits per heavy atom. The third-order valence-corrected chi connectivity index (χ3v) is 3.17. The Labute approximate surface area is 140 Å². The number of hydrogen-bond acceptors (Lipinski definition) is 1. The molecule has 0 aliphatic rings. The zero-order valence-electron chi connectivity index (χ0n) is 14.8. The van der Waals surface area contributed by atoms with Gasteiger partial charge in [-0.1, -0.05) is 65.3 Å². The summed E-state index contributed by atoms with van der Waals surface area (Å²) in [5.41, 5.74) is 0.219. The minimum atomic E-state index is -1.05. The average molecular weight is 324 g/mol. The predicted molar refractivity (Wildman–Crippen MR) is 97.4 cm³/mol. The van der Waals surface area contributed by atoms with Gasteiger partial charge >= 0.3 is 0 Å². The Balaban J connectivity index is 0. The summed E-state index contributed by atoms with van der Waals surface area (Å²) in [5.74, 6) is -2.33. The molecule has 2 unspecified atom stereocenters. The monoisotopic (exact) mass is 324 g/mol. The van der Waals surface area contributed by atoms with Crippen LogP contribution in [-0.4, -0.2) is 11.2 Å². The second-order valence-corrected chi connectivity index (χ2v) is 5.08. The number of rotatable bonds is 9. The molecule has 0 bridgehead atoms. The van der Waals surface area contributed by atoms with Crippen molar-refractivity contribution >= 4 is 0 Å². The summed E-state index contributed by atoms with van der Waals surface area (Å²) in [7, 11) is 0. The Kier molecular flexibility index (Phi) is 13.1. The fourth-order valence-corrected chi connectivity index (χ4v) is 1.58. The maximum absolute atomic E-state index is 14.1. The molecule has 0 aromatic carbocycles. The number of halogens is 2. The molecular formula is C20H30F2O. The molecule has 0 aliphatic carbocycles. The standard InChI is InChI=1S/C18H24F2O.C2H6/c1-7-8-9-12(2)15(5)17(19)18(20)16(6)13(3)10-11-14(4)21;1-2/h7-9,13-14,21H,1-2,5-6,10-11H2,3-4H3;1-2H3/b9-8-,18-17-;. The fourth-order valence-electron chi connectivity index (χ4n) is 1.58. The normalized spacial score (nSPS) is 14.2. The molecule has 0 aromatic rings. The SMILES string of the molecule is C=C/C=C\C(=C)C(=C)/C(F)=C(/F)C(=C)C(C)CCC(C)O.CC. The summed E-state index contributed by atoms with van der Waals surface area (Å²) >= 11 is 0. The van der Waals surface area contributed by atoms with Crippen molar-refractivity contribution in [1.29, 1.82) is 0 Å². The highest BCUT2D eigenvalue weighted by molar-refractivity contribution is 5.49. The molecule has 2 atom stereocenters. The van der Waals surface area contributed by atoms with Gasteiger partial charge in [-0.3, -0.25) is 0 Å². The smallest absolute Gasteiger partial charge is 0.166 e. The molecule has 0 heterocycles. The number of allylic oxidation sites excluding steroid dienone is 8. The van der Waals surface area contributed by atoms with E-state index in [0.29, 0.717) is 12.8 Å². The minimum absolute atomic E-state index is 0.0646. The molecule has 0 amide bonds. The van der Waals surface area contributed by atoms with Crippen molar-refractivity contribution in [2.75, 3.05) is 0 Å². The zero-order chi connectivity index (χ0) is 18.6. The van der Waals surface area contributed by atoms with E-state index in [4.69, 9.17) is 0 Å². The first kappa shape index (κ1) is 23.5. The third kappa shape index (κ3) is 9.09. The lowest BCUT2D eigenvalue weighted by Crippen LogP contribution is -2.06. The molecule has 1 nitrogen and oxygen atoms in total. The predicted octanol–water partition coefficient (Wildman–Crippen LogP) is 6.37. The molecule has 130 valence electrons. The van der Waals surface area contributed by atoms with Crippen molar-refractivity contribution in [3.63, 3.8) is 0 Å². The van der Waals surface area contributed by atoms with E-state index in [0.717, 1.165) is 0 Å². The van der Waals surface area contributed by atoms with Crippen molar-refractivity contribution in [3.05, 3.63) is 72.9 Å². The number of aliphatic hydroxyl groups is 1. The highest BCUT2D eigenvalue weighted by Crippen LogP contribution is 2.31. The molecule has 0 rings (SSSR count). The van der Waals surface area contributed by atoms with E-state index < -0.39 is 17.8 Å². The Morgan fingerprint density at radius 3 is 2.00 bits per heavy atom. The Morgan fingerprint density at radius 1 is 1.04 bits per heavy atom. The summed E-state index contributed by atoms with van der Waals surface area (Å²) in [6.45, 7) is 21.6. The molecule has 0 saturated heterocycles. The second kappa shape index (κ2) is 12.8. The lowest BCUT2D eigenvalue weighted by atomic mass is 9.93. The van der Waals surface area contributed by atoms with E-state index in [9.17, 15) is 13.9 Å². The lowest BCUT2D eigenvalue weighted by Gasteiger charge is -2.15. The van der Waals surface area contributed by atoms with Crippen molar-refractivity contribution in [2.24, 2.45) is 5.92 Å². The van der Waals surface area contributed by atoms with Crippen LogP contribution < -0.4 is 0 Å². The van der Waals surface area contributed by atoms with Crippen LogP contribution in [-0.2, 0) is 0 Å². The largest absolute Gasteiger partial charge is 0.393 e. The molecule has 0 fully saturated rings. The summed E-state index contributed by atoms with van der Waals surface area (Å²) in [4.78, 5) is 0. The van der Waals surface area contributed by atoms with E-state index >= 15 is 0 Å². The van der Waals surface area contributed by atoms with Crippen LogP contribution >= 0.6 is 0 Å². The van der Waals surface area contributed by atoms with Crippen LogP contribution in [0.2, 0.25) is 0 Å². The molecular weight excluding hydrogens is 294 g/mol. The quantitative estimate of drug-likeness (QED) is 0.488. The summed E-state index contributed by atoms with van der Waals surface area (Å²) in [5, 5.41) is 9.22. The van der Waals surface area contributed by atoms with Crippen LogP contribution in [0, 0.1) is 5.92 Å². The van der Waals surface area contributed by atoms with Gasteiger partial charge in [0.2, 0.25) is 0 Å². The van der Waals surface area contributed by atoms with Crippen LogP contribution in [0.1, 0.15) is 40.5 Å². The van der Waals surface area contributed by atoms with Gasteiger partial charge in [-0.05, 0) is 36.8 Å². The number of aliphatic hydroxyl groups excluding tert-OH is 1. The van der Waals surface area contributed by atoms with Crippen LogP contribution in [0.15, 0.2) is 72.9 Å². The highest BCUT2D eigenvalue weighted by atomic mass is 19.2. The third-order valence-electron chi connectivity index (χ3n) is 3.17. The first-order chi connectivity index (χ1) is 10.7. The van der Waals surface area contributed by atoms with E-state index in [1.807, 2.05) is 13.8 Å². The maximum Gasteiger partial charge on any atom is 0.166 e.